The number of amides is 1. The molecule has 134 valence electrons. The van der Waals surface area contributed by atoms with Crippen molar-refractivity contribution in [3.05, 3.63) is 59.7 Å². The van der Waals surface area contributed by atoms with E-state index in [1.807, 2.05) is 0 Å². The third-order valence-corrected chi connectivity index (χ3v) is 4.62. The number of sulfonamides is 1. The van der Waals surface area contributed by atoms with Gasteiger partial charge in [0.05, 0.1) is 10.5 Å². The summed E-state index contributed by atoms with van der Waals surface area (Å²) >= 11 is 0. The standard InChI is InChI=1S/C16H15F3N2O3S/c1-21(2)15(22)11-5-3-7-13(9-11)20-25(23,24)14-8-4-6-12(10-14)16(17,18)19/h3-10,20H,1-2H3. The van der Waals surface area contributed by atoms with E-state index < -0.39 is 26.7 Å². The topological polar surface area (TPSA) is 66.5 Å². The van der Waals surface area contributed by atoms with Crippen LogP contribution in [0.15, 0.2) is 53.4 Å². The average Bonchev–Trinajstić information content (AvgIpc) is 2.53. The monoisotopic (exact) mass is 372 g/mol. The van der Waals surface area contributed by atoms with Gasteiger partial charge in [-0.3, -0.25) is 9.52 Å². The molecule has 0 saturated carbocycles. The first-order valence-corrected chi connectivity index (χ1v) is 8.51. The second-order valence-electron chi connectivity index (χ2n) is 5.41. The zero-order chi connectivity index (χ0) is 18.8. The van der Waals surface area contributed by atoms with E-state index in [9.17, 15) is 26.4 Å². The molecule has 0 fully saturated rings. The number of carbonyl (C=O) groups excluding carboxylic acids is 1. The van der Waals surface area contributed by atoms with Crippen LogP contribution in [0.4, 0.5) is 18.9 Å². The zero-order valence-electron chi connectivity index (χ0n) is 13.3. The minimum atomic E-state index is -4.65. The van der Waals surface area contributed by atoms with Gasteiger partial charge in [0.15, 0.2) is 0 Å². The Hall–Kier alpha value is -2.55. The van der Waals surface area contributed by atoms with Crippen molar-refractivity contribution < 1.29 is 26.4 Å². The van der Waals surface area contributed by atoms with Gasteiger partial charge in [0.2, 0.25) is 0 Å². The Balaban J connectivity index is 2.34. The summed E-state index contributed by atoms with van der Waals surface area (Å²) in [6.45, 7) is 0. The van der Waals surface area contributed by atoms with Gasteiger partial charge in [0.25, 0.3) is 15.9 Å². The van der Waals surface area contributed by atoms with Crippen LogP contribution in [-0.4, -0.2) is 33.3 Å². The molecule has 0 aromatic heterocycles. The van der Waals surface area contributed by atoms with Crippen LogP contribution in [0.25, 0.3) is 0 Å². The van der Waals surface area contributed by atoms with Crippen LogP contribution in [0, 0.1) is 0 Å². The van der Waals surface area contributed by atoms with Gasteiger partial charge in [-0.15, -0.1) is 0 Å². The number of nitrogens with zero attached hydrogens (tertiary/aromatic N) is 1. The van der Waals surface area contributed by atoms with Crippen LogP contribution in [-0.2, 0) is 16.2 Å². The summed E-state index contributed by atoms with van der Waals surface area (Å²) in [6.07, 6.45) is -4.65. The first-order chi connectivity index (χ1) is 11.5. The Morgan fingerprint density at radius 2 is 1.68 bits per heavy atom. The molecule has 1 N–H and O–H groups in total. The third kappa shape index (κ3) is 4.50. The van der Waals surface area contributed by atoms with E-state index in [1.165, 1.54) is 29.2 Å². The number of alkyl halides is 3. The molecule has 5 nitrogen and oxygen atoms in total. The number of hydrogen-bond acceptors (Lipinski definition) is 3. The molecule has 1 amide bonds. The molecule has 0 unspecified atom stereocenters. The summed E-state index contributed by atoms with van der Waals surface area (Å²) in [6, 6.07) is 9.11. The van der Waals surface area contributed by atoms with Crippen molar-refractivity contribution in [1.29, 1.82) is 0 Å². The fourth-order valence-corrected chi connectivity index (χ4v) is 3.12. The molecule has 0 spiro atoms. The quantitative estimate of drug-likeness (QED) is 0.896. The Morgan fingerprint density at radius 1 is 1.04 bits per heavy atom. The molecule has 2 aromatic rings. The highest BCUT2D eigenvalue weighted by Crippen LogP contribution is 2.30. The predicted octanol–water partition coefficient (Wildman–Crippen LogP) is 3.21. The van der Waals surface area contributed by atoms with Crippen molar-refractivity contribution in [3.8, 4) is 0 Å². The number of nitrogens with one attached hydrogen (secondary N) is 1. The predicted molar refractivity (Wildman–Crippen MR) is 86.7 cm³/mol. The second-order valence-corrected chi connectivity index (χ2v) is 7.09. The van der Waals surface area contributed by atoms with Crippen molar-refractivity contribution in [2.75, 3.05) is 18.8 Å². The molecule has 0 aliphatic rings. The Kier molecular flexibility index (Phi) is 5.07. The molecule has 0 heterocycles. The van der Waals surface area contributed by atoms with Crippen LogP contribution < -0.4 is 4.72 Å². The highest BCUT2D eigenvalue weighted by Gasteiger charge is 2.31. The maximum Gasteiger partial charge on any atom is 0.416 e. The van der Waals surface area contributed by atoms with E-state index in [-0.39, 0.29) is 17.2 Å². The van der Waals surface area contributed by atoms with Gasteiger partial charge in [-0.1, -0.05) is 12.1 Å². The lowest BCUT2D eigenvalue weighted by Crippen LogP contribution is -2.22. The normalized spacial score (nSPS) is 11.9. The molecule has 0 aliphatic carbocycles. The molecule has 0 aliphatic heterocycles. The summed E-state index contributed by atoms with van der Waals surface area (Å²) in [7, 11) is -1.15. The van der Waals surface area contributed by atoms with Crippen molar-refractivity contribution in [3.63, 3.8) is 0 Å². The van der Waals surface area contributed by atoms with Gasteiger partial charge in [-0.2, -0.15) is 13.2 Å². The minimum Gasteiger partial charge on any atom is -0.345 e. The number of hydrogen-bond donors (Lipinski definition) is 1. The number of benzene rings is 2. The number of halogens is 3. The average molecular weight is 372 g/mol. The van der Waals surface area contributed by atoms with Crippen LogP contribution in [0.1, 0.15) is 15.9 Å². The van der Waals surface area contributed by atoms with Crippen molar-refractivity contribution in [1.82, 2.24) is 4.90 Å². The highest BCUT2D eigenvalue weighted by atomic mass is 32.2. The van der Waals surface area contributed by atoms with Gasteiger partial charge in [0.1, 0.15) is 0 Å². The van der Waals surface area contributed by atoms with E-state index in [2.05, 4.69) is 4.72 Å². The van der Waals surface area contributed by atoms with Crippen molar-refractivity contribution in [2.24, 2.45) is 0 Å². The molecule has 9 heteroatoms. The number of carbonyl (C=O) groups is 1. The zero-order valence-corrected chi connectivity index (χ0v) is 14.1. The molecule has 0 saturated heterocycles. The molecule has 0 atom stereocenters. The van der Waals surface area contributed by atoms with Gasteiger partial charge >= 0.3 is 6.18 Å². The smallest absolute Gasteiger partial charge is 0.345 e. The Bertz CT molecular complexity index is 893. The number of anilines is 1. The largest absolute Gasteiger partial charge is 0.416 e. The van der Waals surface area contributed by atoms with Crippen LogP contribution in [0.2, 0.25) is 0 Å². The Labute approximate surface area is 143 Å². The van der Waals surface area contributed by atoms with Gasteiger partial charge in [-0.05, 0) is 36.4 Å². The van der Waals surface area contributed by atoms with E-state index in [1.54, 1.807) is 14.1 Å². The minimum absolute atomic E-state index is 0.0742. The van der Waals surface area contributed by atoms with E-state index in [0.29, 0.717) is 6.07 Å². The molecule has 0 radical (unpaired) electrons. The summed E-state index contributed by atoms with van der Waals surface area (Å²) in [5.41, 5.74) is -0.744. The first kappa shape index (κ1) is 18.8. The van der Waals surface area contributed by atoms with Gasteiger partial charge in [-0.25, -0.2) is 8.42 Å². The second kappa shape index (κ2) is 6.75. The molecule has 0 bridgehead atoms. The summed E-state index contributed by atoms with van der Waals surface area (Å²) < 4.78 is 65.1. The molecular weight excluding hydrogens is 357 g/mol. The lowest BCUT2D eigenvalue weighted by molar-refractivity contribution is -0.137. The van der Waals surface area contributed by atoms with Crippen molar-refractivity contribution >= 4 is 21.6 Å². The van der Waals surface area contributed by atoms with Crippen LogP contribution >= 0.6 is 0 Å². The van der Waals surface area contributed by atoms with Crippen LogP contribution in [0.5, 0.6) is 0 Å². The van der Waals surface area contributed by atoms with Gasteiger partial charge < -0.3 is 4.90 Å². The van der Waals surface area contributed by atoms with Crippen LogP contribution in [0.3, 0.4) is 0 Å². The lowest BCUT2D eigenvalue weighted by atomic mass is 10.2. The summed E-state index contributed by atoms with van der Waals surface area (Å²) in [5, 5.41) is 0. The van der Waals surface area contributed by atoms with Crippen molar-refractivity contribution in [2.45, 2.75) is 11.1 Å². The lowest BCUT2D eigenvalue weighted by Gasteiger charge is -2.13. The fraction of sp³-hybridized carbons (Fsp3) is 0.188. The maximum atomic E-state index is 12.7. The molecule has 25 heavy (non-hydrogen) atoms. The van der Waals surface area contributed by atoms with E-state index >= 15 is 0 Å². The molecule has 2 aromatic carbocycles. The Morgan fingerprint density at radius 3 is 2.28 bits per heavy atom. The maximum absolute atomic E-state index is 12.7. The summed E-state index contributed by atoms with van der Waals surface area (Å²) in [5.74, 6) is -0.333. The van der Waals surface area contributed by atoms with E-state index in [0.717, 1.165) is 18.2 Å². The molecular formula is C16H15F3N2O3S. The summed E-state index contributed by atoms with van der Waals surface area (Å²) in [4.78, 5) is 12.7. The first-order valence-electron chi connectivity index (χ1n) is 7.02. The van der Waals surface area contributed by atoms with Gasteiger partial charge in [0, 0.05) is 25.3 Å². The third-order valence-electron chi connectivity index (χ3n) is 3.24. The number of rotatable bonds is 4. The fourth-order valence-electron chi connectivity index (χ4n) is 2.03. The van der Waals surface area contributed by atoms with E-state index in [4.69, 9.17) is 0 Å². The highest BCUT2D eigenvalue weighted by molar-refractivity contribution is 7.92. The SMILES string of the molecule is CN(C)C(=O)c1cccc(NS(=O)(=O)c2cccc(C(F)(F)F)c2)c1. The molecule has 2 rings (SSSR count).